The Morgan fingerprint density at radius 3 is 2.47 bits per heavy atom. The minimum Gasteiger partial charge on any atom is -0.496 e. The number of aliphatic hydroxyl groups is 1. The Kier molecular flexibility index (Phi) is 5.36. The molecule has 0 spiro atoms. The first-order valence-electron chi connectivity index (χ1n) is 6.52. The molecule has 1 unspecified atom stereocenters. The number of carbonyl (C=O) groups excluding carboxylic acids is 1. The Labute approximate surface area is 114 Å². The Bertz CT molecular complexity index is 465. The monoisotopic (exact) mass is 265 g/mol. The molecule has 0 bridgehead atoms. The standard InChI is InChI=1S/C15H23NO3/c1-6-12(8-17)15(18)16-13-7-9(2)14(19-5)11(4)10(13)3/h7,12,17H,6,8H2,1-5H3,(H,16,18). The van der Waals surface area contributed by atoms with Crippen molar-refractivity contribution in [1.29, 1.82) is 0 Å². The van der Waals surface area contributed by atoms with Crippen LogP contribution in [0.5, 0.6) is 5.75 Å². The molecule has 0 fully saturated rings. The molecule has 0 heterocycles. The lowest BCUT2D eigenvalue weighted by molar-refractivity contribution is -0.121. The number of rotatable bonds is 5. The number of ether oxygens (including phenoxy) is 1. The van der Waals surface area contributed by atoms with Gasteiger partial charge in [-0.2, -0.15) is 0 Å². The maximum absolute atomic E-state index is 12.0. The number of aliphatic hydroxyl groups excluding tert-OH is 1. The predicted molar refractivity (Wildman–Crippen MR) is 76.7 cm³/mol. The highest BCUT2D eigenvalue weighted by molar-refractivity contribution is 5.93. The van der Waals surface area contributed by atoms with E-state index < -0.39 is 0 Å². The zero-order valence-corrected chi connectivity index (χ0v) is 12.3. The lowest BCUT2D eigenvalue weighted by Gasteiger charge is -2.18. The van der Waals surface area contributed by atoms with E-state index in [0.29, 0.717) is 6.42 Å². The normalized spacial score (nSPS) is 12.1. The van der Waals surface area contributed by atoms with Crippen molar-refractivity contribution in [2.75, 3.05) is 19.0 Å². The Morgan fingerprint density at radius 2 is 2.00 bits per heavy atom. The van der Waals surface area contributed by atoms with E-state index >= 15 is 0 Å². The summed E-state index contributed by atoms with van der Waals surface area (Å²) in [5.74, 6) is 0.351. The van der Waals surface area contributed by atoms with E-state index in [0.717, 1.165) is 28.1 Å². The lowest BCUT2D eigenvalue weighted by atomic mass is 10.0. The second-order valence-electron chi connectivity index (χ2n) is 4.80. The minimum atomic E-state index is -0.359. The van der Waals surface area contributed by atoms with Crippen LogP contribution < -0.4 is 10.1 Å². The van der Waals surface area contributed by atoms with E-state index in [1.165, 1.54) is 0 Å². The first-order chi connectivity index (χ1) is 8.96. The molecule has 1 aromatic rings. The average Bonchev–Trinajstić information content (AvgIpc) is 2.37. The van der Waals surface area contributed by atoms with Crippen LogP contribution in [0.15, 0.2) is 6.07 Å². The molecule has 4 heteroatoms. The summed E-state index contributed by atoms with van der Waals surface area (Å²) in [6.07, 6.45) is 0.621. The fraction of sp³-hybridized carbons (Fsp3) is 0.533. The van der Waals surface area contributed by atoms with Gasteiger partial charge in [0.05, 0.1) is 19.6 Å². The van der Waals surface area contributed by atoms with Crippen LogP contribution in [0.25, 0.3) is 0 Å². The quantitative estimate of drug-likeness (QED) is 0.860. The molecule has 1 rings (SSSR count). The average molecular weight is 265 g/mol. The molecule has 0 aliphatic heterocycles. The number of amides is 1. The number of anilines is 1. The molecule has 2 N–H and O–H groups in total. The molecule has 1 aromatic carbocycles. The van der Waals surface area contributed by atoms with E-state index in [9.17, 15) is 4.79 Å². The topological polar surface area (TPSA) is 58.6 Å². The van der Waals surface area contributed by atoms with Gasteiger partial charge < -0.3 is 15.2 Å². The van der Waals surface area contributed by atoms with Crippen molar-refractivity contribution in [2.24, 2.45) is 5.92 Å². The molecule has 19 heavy (non-hydrogen) atoms. The van der Waals surface area contributed by atoms with Crippen LogP contribution in [0.3, 0.4) is 0 Å². The van der Waals surface area contributed by atoms with Gasteiger partial charge in [-0.15, -0.1) is 0 Å². The van der Waals surface area contributed by atoms with Gasteiger partial charge in [0.15, 0.2) is 0 Å². The molecule has 0 aliphatic rings. The van der Waals surface area contributed by atoms with Crippen molar-refractivity contribution in [2.45, 2.75) is 34.1 Å². The second-order valence-corrected chi connectivity index (χ2v) is 4.80. The summed E-state index contributed by atoms with van der Waals surface area (Å²) in [7, 11) is 1.64. The Balaban J connectivity index is 3.06. The molecule has 0 aromatic heterocycles. The van der Waals surface area contributed by atoms with Crippen LogP contribution in [-0.2, 0) is 4.79 Å². The van der Waals surface area contributed by atoms with Gasteiger partial charge in [0, 0.05) is 5.69 Å². The summed E-state index contributed by atoms with van der Waals surface area (Å²) in [6, 6.07) is 1.91. The van der Waals surface area contributed by atoms with Crippen molar-refractivity contribution in [1.82, 2.24) is 0 Å². The number of benzene rings is 1. The maximum Gasteiger partial charge on any atom is 0.229 e. The number of nitrogens with one attached hydrogen (secondary N) is 1. The molecule has 0 saturated carbocycles. The van der Waals surface area contributed by atoms with E-state index in [2.05, 4.69) is 5.32 Å². The molecular formula is C15H23NO3. The number of hydrogen-bond acceptors (Lipinski definition) is 3. The van der Waals surface area contributed by atoms with Gasteiger partial charge in [-0.05, 0) is 49.9 Å². The van der Waals surface area contributed by atoms with Gasteiger partial charge in [-0.25, -0.2) is 0 Å². The number of methoxy groups -OCH3 is 1. The van der Waals surface area contributed by atoms with Crippen LogP contribution in [-0.4, -0.2) is 24.7 Å². The lowest BCUT2D eigenvalue weighted by Crippen LogP contribution is -2.25. The number of hydrogen-bond donors (Lipinski definition) is 2. The van der Waals surface area contributed by atoms with E-state index in [1.807, 2.05) is 33.8 Å². The van der Waals surface area contributed by atoms with Gasteiger partial charge in [-0.3, -0.25) is 4.79 Å². The van der Waals surface area contributed by atoms with Crippen LogP contribution in [0.2, 0.25) is 0 Å². The summed E-state index contributed by atoms with van der Waals surface area (Å²) in [5.41, 5.74) is 3.78. The van der Waals surface area contributed by atoms with Crippen molar-refractivity contribution in [3.05, 3.63) is 22.8 Å². The van der Waals surface area contributed by atoms with Crippen LogP contribution in [0, 0.1) is 26.7 Å². The fourth-order valence-corrected chi connectivity index (χ4v) is 2.13. The minimum absolute atomic E-state index is 0.129. The third kappa shape index (κ3) is 3.26. The van der Waals surface area contributed by atoms with Gasteiger partial charge in [0.2, 0.25) is 5.91 Å². The summed E-state index contributed by atoms with van der Waals surface area (Å²) < 4.78 is 5.35. The van der Waals surface area contributed by atoms with Crippen LogP contribution in [0.4, 0.5) is 5.69 Å². The summed E-state index contributed by atoms with van der Waals surface area (Å²) in [5, 5.41) is 12.0. The molecular weight excluding hydrogens is 242 g/mol. The first kappa shape index (κ1) is 15.5. The molecule has 1 amide bonds. The van der Waals surface area contributed by atoms with Crippen molar-refractivity contribution >= 4 is 11.6 Å². The summed E-state index contributed by atoms with van der Waals surface area (Å²) in [4.78, 5) is 12.0. The molecule has 0 saturated heterocycles. The first-order valence-corrected chi connectivity index (χ1v) is 6.52. The summed E-state index contributed by atoms with van der Waals surface area (Å²) in [6.45, 7) is 7.63. The largest absolute Gasteiger partial charge is 0.496 e. The zero-order valence-electron chi connectivity index (χ0n) is 12.3. The SMILES string of the molecule is CCC(CO)C(=O)Nc1cc(C)c(OC)c(C)c1C. The van der Waals surface area contributed by atoms with E-state index in [1.54, 1.807) is 7.11 Å². The smallest absolute Gasteiger partial charge is 0.229 e. The summed E-state index contributed by atoms with van der Waals surface area (Å²) >= 11 is 0. The number of carbonyl (C=O) groups is 1. The van der Waals surface area contributed by atoms with Gasteiger partial charge in [0.25, 0.3) is 0 Å². The maximum atomic E-state index is 12.0. The van der Waals surface area contributed by atoms with Crippen LogP contribution >= 0.6 is 0 Å². The van der Waals surface area contributed by atoms with Gasteiger partial charge in [-0.1, -0.05) is 6.92 Å². The highest BCUT2D eigenvalue weighted by Crippen LogP contribution is 2.31. The van der Waals surface area contributed by atoms with Crippen molar-refractivity contribution in [3.8, 4) is 5.75 Å². The predicted octanol–water partition coefficient (Wildman–Crippen LogP) is 2.58. The molecule has 4 nitrogen and oxygen atoms in total. The zero-order chi connectivity index (χ0) is 14.6. The third-order valence-corrected chi connectivity index (χ3v) is 3.57. The van der Waals surface area contributed by atoms with Crippen molar-refractivity contribution in [3.63, 3.8) is 0 Å². The molecule has 106 valence electrons. The highest BCUT2D eigenvalue weighted by Gasteiger charge is 2.18. The molecule has 0 radical (unpaired) electrons. The molecule has 1 atom stereocenters. The Morgan fingerprint density at radius 1 is 1.37 bits per heavy atom. The van der Waals surface area contributed by atoms with E-state index in [4.69, 9.17) is 9.84 Å². The third-order valence-electron chi connectivity index (χ3n) is 3.57. The van der Waals surface area contributed by atoms with Crippen LogP contribution in [0.1, 0.15) is 30.0 Å². The van der Waals surface area contributed by atoms with E-state index in [-0.39, 0.29) is 18.4 Å². The van der Waals surface area contributed by atoms with Crippen molar-refractivity contribution < 1.29 is 14.6 Å². The number of aryl methyl sites for hydroxylation is 1. The van der Waals surface area contributed by atoms with Gasteiger partial charge >= 0.3 is 0 Å². The fourth-order valence-electron chi connectivity index (χ4n) is 2.13. The molecule has 0 aliphatic carbocycles. The van der Waals surface area contributed by atoms with Gasteiger partial charge in [0.1, 0.15) is 5.75 Å². The Hall–Kier alpha value is -1.55. The second kappa shape index (κ2) is 6.57. The highest BCUT2D eigenvalue weighted by atomic mass is 16.5.